The normalized spacial score (nSPS) is 45.5. The Bertz CT molecular complexity index is 215. The van der Waals surface area contributed by atoms with Crippen LogP contribution in [0.3, 0.4) is 0 Å². The molecule has 0 aliphatic heterocycles. The maximum absolute atomic E-state index is 9.81. The van der Waals surface area contributed by atoms with E-state index >= 15 is 0 Å². The lowest BCUT2D eigenvalue weighted by atomic mass is 9.74. The Morgan fingerprint density at radius 2 is 2.23 bits per heavy atom. The molecule has 1 aliphatic carbocycles. The van der Waals surface area contributed by atoms with E-state index in [0.717, 1.165) is 0 Å². The van der Waals surface area contributed by atoms with Gasteiger partial charge in [0.25, 0.3) is 0 Å². The summed E-state index contributed by atoms with van der Waals surface area (Å²) >= 11 is 0. The van der Waals surface area contributed by atoms with Crippen LogP contribution in [0.15, 0.2) is 12.2 Å². The van der Waals surface area contributed by atoms with Crippen LogP contribution < -0.4 is 0 Å². The van der Waals surface area contributed by atoms with E-state index in [-0.39, 0.29) is 5.92 Å². The fourth-order valence-electron chi connectivity index (χ4n) is 1.78. The van der Waals surface area contributed by atoms with E-state index in [2.05, 4.69) is 6.58 Å². The molecule has 72 valence electrons. The summed E-state index contributed by atoms with van der Waals surface area (Å²) in [4.78, 5) is 0. The van der Waals surface area contributed by atoms with E-state index in [1.165, 1.54) is 6.92 Å². The fraction of sp³-hybridized carbons (Fsp3) is 0.778. The predicted octanol–water partition coefficient (Wildman–Crippen LogP) is -0.112. The van der Waals surface area contributed by atoms with Gasteiger partial charge in [0.15, 0.2) is 0 Å². The van der Waals surface area contributed by atoms with Crippen LogP contribution in [0.5, 0.6) is 0 Å². The zero-order chi connectivity index (χ0) is 10.2. The number of aliphatic hydroxyl groups excluding tert-OH is 1. The van der Waals surface area contributed by atoms with E-state index in [9.17, 15) is 10.2 Å². The first kappa shape index (κ1) is 10.8. The Kier molecular flexibility index (Phi) is 2.85. The van der Waals surface area contributed by atoms with Gasteiger partial charge in [-0.2, -0.15) is 0 Å². The van der Waals surface area contributed by atoms with E-state index in [4.69, 9.17) is 12.6 Å². The molecule has 13 heavy (non-hydrogen) atoms. The molecule has 1 fully saturated rings. The second-order valence-corrected chi connectivity index (χ2v) is 3.79. The topological polar surface area (TPSA) is 49.7 Å². The first-order valence-electron chi connectivity index (χ1n) is 4.26. The van der Waals surface area contributed by atoms with Crippen molar-refractivity contribution in [3.05, 3.63) is 12.2 Å². The molecule has 2 radical (unpaired) electrons. The lowest BCUT2D eigenvalue weighted by Crippen LogP contribution is -2.40. The van der Waals surface area contributed by atoms with Crippen LogP contribution in [0.2, 0.25) is 5.82 Å². The largest absolute Gasteiger partial charge is 0.389 e. The molecule has 1 rings (SSSR count). The molecular formula is C9H15BO3. The minimum Gasteiger partial charge on any atom is -0.389 e. The van der Waals surface area contributed by atoms with Gasteiger partial charge in [-0.3, -0.25) is 0 Å². The van der Waals surface area contributed by atoms with Gasteiger partial charge in [-0.05, 0) is 12.7 Å². The van der Waals surface area contributed by atoms with Gasteiger partial charge in [-0.1, -0.05) is 12.2 Å². The maximum Gasteiger partial charge on any atom is 0.0909 e. The van der Waals surface area contributed by atoms with E-state index in [1.54, 1.807) is 7.11 Å². The molecule has 0 aromatic rings. The Morgan fingerprint density at radius 1 is 1.69 bits per heavy atom. The standard InChI is InChI=1S/C9H15BO3/c1-5-6(4-13-3)8(11)9(2,12)7(5)10/h6-8,11-12H,1,4H2,2-3H3/t6-,7+,8+,9-/m0/s1. The van der Waals surface area contributed by atoms with Crippen molar-refractivity contribution in [1.82, 2.24) is 0 Å². The summed E-state index contributed by atoms with van der Waals surface area (Å²) in [6.07, 6.45) is -0.894. The van der Waals surface area contributed by atoms with Crippen LogP contribution in [0.1, 0.15) is 6.92 Å². The third-order valence-electron chi connectivity index (χ3n) is 2.83. The van der Waals surface area contributed by atoms with Crippen LogP contribution in [-0.4, -0.2) is 43.5 Å². The fourth-order valence-corrected chi connectivity index (χ4v) is 1.78. The number of aliphatic hydroxyl groups is 2. The lowest BCUT2D eigenvalue weighted by Gasteiger charge is -2.26. The SMILES string of the molecule is [B][C@@H]1C(=C)[C@H](COC)[C@@H](O)[C@@]1(C)O. The van der Waals surface area contributed by atoms with Gasteiger partial charge in [0.1, 0.15) is 0 Å². The molecule has 4 atom stereocenters. The number of rotatable bonds is 2. The van der Waals surface area contributed by atoms with Gasteiger partial charge in [-0.25, -0.2) is 0 Å². The van der Waals surface area contributed by atoms with Crippen molar-refractivity contribution in [2.75, 3.05) is 13.7 Å². The van der Waals surface area contributed by atoms with Crippen molar-refractivity contribution in [2.24, 2.45) is 5.92 Å². The van der Waals surface area contributed by atoms with Gasteiger partial charge in [0.2, 0.25) is 0 Å². The molecule has 4 heteroatoms. The Hall–Kier alpha value is -0.315. The molecule has 0 spiro atoms. The monoisotopic (exact) mass is 182 g/mol. The molecule has 1 aliphatic rings. The van der Waals surface area contributed by atoms with Gasteiger partial charge in [0, 0.05) is 13.0 Å². The Morgan fingerprint density at radius 3 is 2.54 bits per heavy atom. The maximum atomic E-state index is 9.81. The predicted molar refractivity (Wildman–Crippen MR) is 50.6 cm³/mol. The highest BCUT2D eigenvalue weighted by Gasteiger charge is 2.50. The first-order chi connectivity index (χ1) is 5.92. The molecule has 0 heterocycles. The van der Waals surface area contributed by atoms with Crippen molar-refractivity contribution in [3.8, 4) is 0 Å². The Labute approximate surface area is 79.8 Å². The van der Waals surface area contributed by atoms with Crippen molar-refractivity contribution in [2.45, 2.75) is 24.4 Å². The number of methoxy groups -OCH3 is 1. The molecular weight excluding hydrogens is 167 g/mol. The molecule has 3 nitrogen and oxygen atoms in total. The summed E-state index contributed by atoms with van der Waals surface area (Å²) in [5.41, 5.74) is -0.639. The molecule has 0 saturated heterocycles. The van der Waals surface area contributed by atoms with Gasteiger partial charge < -0.3 is 14.9 Å². The average molecular weight is 182 g/mol. The molecule has 0 amide bonds. The van der Waals surface area contributed by atoms with E-state index in [1.807, 2.05) is 0 Å². The highest BCUT2D eigenvalue weighted by molar-refractivity contribution is 6.15. The van der Waals surface area contributed by atoms with Gasteiger partial charge >= 0.3 is 0 Å². The lowest BCUT2D eigenvalue weighted by molar-refractivity contribution is -0.0625. The average Bonchev–Trinajstić information content (AvgIpc) is 2.21. The van der Waals surface area contributed by atoms with Gasteiger partial charge in [0.05, 0.1) is 26.2 Å². The molecule has 1 saturated carbocycles. The van der Waals surface area contributed by atoms with Crippen LogP contribution in [0.4, 0.5) is 0 Å². The quantitative estimate of drug-likeness (QED) is 0.462. The second-order valence-electron chi connectivity index (χ2n) is 3.79. The minimum atomic E-state index is -1.29. The molecule has 0 bridgehead atoms. The van der Waals surface area contributed by atoms with Crippen molar-refractivity contribution in [1.29, 1.82) is 0 Å². The van der Waals surface area contributed by atoms with Crippen molar-refractivity contribution >= 4 is 7.85 Å². The minimum absolute atomic E-state index is 0.269. The highest BCUT2D eigenvalue weighted by atomic mass is 16.5. The first-order valence-corrected chi connectivity index (χ1v) is 4.26. The van der Waals surface area contributed by atoms with Crippen LogP contribution in [0, 0.1) is 5.92 Å². The number of hydrogen-bond donors (Lipinski definition) is 2. The molecule has 2 N–H and O–H groups in total. The van der Waals surface area contributed by atoms with Crippen molar-refractivity contribution < 1.29 is 14.9 Å². The number of hydrogen-bond acceptors (Lipinski definition) is 3. The smallest absolute Gasteiger partial charge is 0.0909 e. The summed E-state index contributed by atoms with van der Waals surface area (Å²) in [6.45, 7) is 5.61. The van der Waals surface area contributed by atoms with Crippen LogP contribution in [0.25, 0.3) is 0 Å². The molecule has 0 unspecified atom stereocenters. The summed E-state index contributed by atoms with van der Waals surface area (Å²) in [5.74, 6) is -0.849. The van der Waals surface area contributed by atoms with Crippen molar-refractivity contribution in [3.63, 3.8) is 0 Å². The third-order valence-corrected chi connectivity index (χ3v) is 2.83. The second kappa shape index (κ2) is 3.44. The summed E-state index contributed by atoms with van der Waals surface area (Å²) < 4.78 is 4.92. The number of ether oxygens (including phenoxy) is 1. The summed E-state index contributed by atoms with van der Waals surface area (Å²) in [6, 6.07) is 0. The summed E-state index contributed by atoms with van der Waals surface area (Å²) in [7, 11) is 7.24. The summed E-state index contributed by atoms with van der Waals surface area (Å²) in [5, 5.41) is 19.5. The van der Waals surface area contributed by atoms with E-state index < -0.39 is 17.5 Å². The molecule has 0 aromatic carbocycles. The van der Waals surface area contributed by atoms with Gasteiger partial charge in [-0.15, -0.1) is 0 Å². The van der Waals surface area contributed by atoms with Crippen LogP contribution in [-0.2, 0) is 4.74 Å². The zero-order valence-electron chi connectivity index (χ0n) is 8.03. The third kappa shape index (κ3) is 1.54. The Balaban J connectivity index is 2.85. The van der Waals surface area contributed by atoms with E-state index in [0.29, 0.717) is 12.2 Å². The zero-order valence-corrected chi connectivity index (χ0v) is 8.03. The van der Waals surface area contributed by atoms with Crippen LogP contribution >= 0.6 is 0 Å². The highest BCUT2D eigenvalue weighted by Crippen LogP contribution is 2.45. The molecule has 0 aromatic heterocycles.